The lowest BCUT2D eigenvalue weighted by Gasteiger charge is -2.09. The Labute approximate surface area is 142 Å². The van der Waals surface area contributed by atoms with Crippen LogP contribution in [0.3, 0.4) is 0 Å². The Kier molecular flexibility index (Phi) is 4.81. The molecule has 1 N–H and O–H groups in total. The SMILES string of the molecule is CCCCc1ccc(S(=O)(=O)Nc2ccc3ncccc3c2)cc1. The summed E-state index contributed by atoms with van der Waals surface area (Å²) in [4.78, 5) is 4.51. The minimum atomic E-state index is -3.59. The predicted molar refractivity (Wildman–Crippen MR) is 97.6 cm³/mol. The lowest BCUT2D eigenvalue weighted by atomic mass is 10.1. The van der Waals surface area contributed by atoms with Crippen LogP contribution in [0.15, 0.2) is 65.7 Å². The van der Waals surface area contributed by atoms with E-state index < -0.39 is 10.0 Å². The summed E-state index contributed by atoms with van der Waals surface area (Å²) in [5, 5.41) is 0.896. The first kappa shape index (κ1) is 16.5. The third-order valence-electron chi connectivity index (χ3n) is 3.91. The van der Waals surface area contributed by atoms with Crippen molar-refractivity contribution in [1.82, 2.24) is 4.98 Å². The predicted octanol–water partition coefficient (Wildman–Crippen LogP) is 4.38. The van der Waals surface area contributed by atoms with E-state index in [4.69, 9.17) is 0 Å². The Hall–Kier alpha value is -2.40. The van der Waals surface area contributed by atoms with E-state index in [-0.39, 0.29) is 4.90 Å². The van der Waals surface area contributed by atoms with Gasteiger partial charge in [-0.2, -0.15) is 0 Å². The molecule has 0 spiro atoms. The first-order valence-electron chi connectivity index (χ1n) is 8.05. The molecule has 0 aliphatic rings. The van der Waals surface area contributed by atoms with Crippen molar-refractivity contribution in [1.29, 1.82) is 0 Å². The van der Waals surface area contributed by atoms with Gasteiger partial charge in [0.25, 0.3) is 10.0 Å². The lowest BCUT2D eigenvalue weighted by Crippen LogP contribution is -2.12. The second kappa shape index (κ2) is 7.01. The molecule has 0 aliphatic heterocycles. The van der Waals surface area contributed by atoms with Gasteiger partial charge in [0.05, 0.1) is 10.4 Å². The van der Waals surface area contributed by atoms with E-state index in [1.54, 1.807) is 36.5 Å². The van der Waals surface area contributed by atoms with Crippen LogP contribution in [-0.2, 0) is 16.4 Å². The van der Waals surface area contributed by atoms with Crippen molar-refractivity contribution in [3.8, 4) is 0 Å². The van der Waals surface area contributed by atoms with Crippen LogP contribution >= 0.6 is 0 Å². The van der Waals surface area contributed by atoms with Gasteiger partial charge in [-0.3, -0.25) is 9.71 Å². The molecule has 1 heterocycles. The highest BCUT2D eigenvalue weighted by Gasteiger charge is 2.14. The molecule has 0 saturated carbocycles. The standard InChI is InChI=1S/C19H20N2O2S/c1-2-3-5-15-7-10-18(11-8-15)24(22,23)21-17-9-12-19-16(14-17)6-4-13-20-19/h4,6-14,21H,2-3,5H2,1H3. The highest BCUT2D eigenvalue weighted by atomic mass is 32.2. The number of hydrogen-bond donors (Lipinski definition) is 1. The van der Waals surface area contributed by atoms with Crippen LogP contribution in [0.1, 0.15) is 25.3 Å². The highest BCUT2D eigenvalue weighted by Crippen LogP contribution is 2.21. The Morgan fingerprint density at radius 3 is 2.58 bits per heavy atom. The van der Waals surface area contributed by atoms with Gasteiger partial charge < -0.3 is 0 Å². The topological polar surface area (TPSA) is 59.1 Å². The van der Waals surface area contributed by atoms with Gasteiger partial charge in [0.2, 0.25) is 0 Å². The van der Waals surface area contributed by atoms with Crippen molar-refractivity contribution in [3.05, 3.63) is 66.4 Å². The van der Waals surface area contributed by atoms with Gasteiger partial charge in [-0.25, -0.2) is 8.42 Å². The summed E-state index contributed by atoms with van der Waals surface area (Å²) in [6.45, 7) is 2.14. The third kappa shape index (κ3) is 3.74. The van der Waals surface area contributed by atoms with E-state index in [1.807, 2.05) is 24.3 Å². The van der Waals surface area contributed by atoms with Gasteiger partial charge in [0.1, 0.15) is 0 Å². The molecule has 0 fully saturated rings. The minimum Gasteiger partial charge on any atom is -0.280 e. The lowest BCUT2D eigenvalue weighted by molar-refractivity contribution is 0.601. The fourth-order valence-corrected chi connectivity index (χ4v) is 3.62. The Bertz CT molecular complexity index is 935. The normalized spacial score (nSPS) is 11.5. The molecule has 0 unspecified atom stereocenters. The molecule has 0 atom stereocenters. The summed E-state index contributed by atoms with van der Waals surface area (Å²) in [5.74, 6) is 0. The van der Waals surface area contributed by atoms with Gasteiger partial charge in [0, 0.05) is 17.3 Å². The molecule has 124 valence electrons. The Morgan fingerprint density at radius 2 is 1.83 bits per heavy atom. The molecule has 5 heteroatoms. The van der Waals surface area contributed by atoms with Crippen LogP contribution in [-0.4, -0.2) is 13.4 Å². The summed E-state index contributed by atoms with van der Waals surface area (Å²) in [6.07, 6.45) is 4.92. The average Bonchev–Trinajstić information content (AvgIpc) is 2.60. The Balaban J connectivity index is 1.81. The van der Waals surface area contributed by atoms with Crippen LogP contribution in [0.25, 0.3) is 10.9 Å². The Morgan fingerprint density at radius 1 is 1.04 bits per heavy atom. The van der Waals surface area contributed by atoms with Gasteiger partial charge in [-0.1, -0.05) is 31.5 Å². The van der Waals surface area contributed by atoms with Crippen LogP contribution in [0, 0.1) is 0 Å². The molecule has 4 nitrogen and oxygen atoms in total. The fourth-order valence-electron chi connectivity index (χ4n) is 2.57. The van der Waals surface area contributed by atoms with E-state index in [0.29, 0.717) is 5.69 Å². The van der Waals surface area contributed by atoms with Crippen LogP contribution in [0.4, 0.5) is 5.69 Å². The second-order valence-corrected chi connectivity index (χ2v) is 7.45. The molecule has 0 radical (unpaired) electrons. The zero-order valence-electron chi connectivity index (χ0n) is 13.6. The monoisotopic (exact) mass is 340 g/mol. The maximum Gasteiger partial charge on any atom is 0.261 e. The number of aromatic nitrogens is 1. The van der Waals surface area contributed by atoms with E-state index in [2.05, 4.69) is 16.6 Å². The number of nitrogens with zero attached hydrogens (tertiary/aromatic N) is 1. The van der Waals surface area contributed by atoms with Crippen molar-refractivity contribution >= 4 is 26.6 Å². The molecule has 0 amide bonds. The quantitative estimate of drug-likeness (QED) is 0.724. The van der Waals surface area contributed by atoms with Gasteiger partial charge in [0.15, 0.2) is 0 Å². The largest absolute Gasteiger partial charge is 0.280 e. The smallest absolute Gasteiger partial charge is 0.261 e. The van der Waals surface area contributed by atoms with Crippen molar-refractivity contribution in [3.63, 3.8) is 0 Å². The van der Waals surface area contributed by atoms with Crippen molar-refractivity contribution in [2.24, 2.45) is 0 Å². The molecule has 1 aromatic heterocycles. The number of aryl methyl sites for hydroxylation is 1. The maximum atomic E-state index is 12.5. The molecule has 0 bridgehead atoms. The van der Waals surface area contributed by atoms with E-state index in [0.717, 1.165) is 35.7 Å². The summed E-state index contributed by atoms with van der Waals surface area (Å²) in [7, 11) is -3.59. The molecular formula is C19H20N2O2S. The number of hydrogen-bond acceptors (Lipinski definition) is 3. The van der Waals surface area contributed by atoms with Crippen LogP contribution in [0.2, 0.25) is 0 Å². The van der Waals surface area contributed by atoms with Crippen molar-refractivity contribution < 1.29 is 8.42 Å². The van der Waals surface area contributed by atoms with Gasteiger partial charge >= 0.3 is 0 Å². The maximum absolute atomic E-state index is 12.5. The zero-order chi connectivity index (χ0) is 17.0. The number of sulfonamides is 1. The van der Waals surface area contributed by atoms with Gasteiger partial charge in [-0.15, -0.1) is 0 Å². The molecule has 3 aromatic rings. The first-order chi connectivity index (χ1) is 11.6. The molecule has 24 heavy (non-hydrogen) atoms. The van der Waals surface area contributed by atoms with E-state index in [1.165, 1.54) is 0 Å². The number of anilines is 1. The number of nitrogens with one attached hydrogen (secondary N) is 1. The van der Waals surface area contributed by atoms with Crippen molar-refractivity contribution in [2.45, 2.75) is 31.1 Å². The summed E-state index contributed by atoms with van der Waals surface area (Å²) in [6, 6.07) is 16.1. The zero-order valence-corrected chi connectivity index (χ0v) is 14.4. The first-order valence-corrected chi connectivity index (χ1v) is 9.53. The molecule has 3 rings (SSSR count). The molecule has 2 aromatic carbocycles. The highest BCUT2D eigenvalue weighted by molar-refractivity contribution is 7.92. The number of benzene rings is 2. The molecule has 0 aliphatic carbocycles. The van der Waals surface area contributed by atoms with Crippen LogP contribution < -0.4 is 4.72 Å². The number of unbranched alkanes of at least 4 members (excludes halogenated alkanes) is 1. The summed E-state index contributed by atoms with van der Waals surface area (Å²) < 4.78 is 27.7. The average molecular weight is 340 g/mol. The van der Waals surface area contributed by atoms with Crippen LogP contribution in [0.5, 0.6) is 0 Å². The minimum absolute atomic E-state index is 0.272. The van der Waals surface area contributed by atoms with E-state index >= 15 is 0 Å². The molecule has 0 saturated heterocycles. The summed E-state index contributed by atoms with van der Waals surface area (Å²) in [5.41, 5.74) is 2.53. The van der Waals surface area contributed by atoms with Gasteiger partial charge in [-0.05, 0) is 54.8 Å². The summed E-state index contributed by atoms with van der Waals surface area (Å²) >= 11 is 0. The second-order valence-electron chi connectivity index (χ2n) is 5.76. The van der Waals surface area contributed by atoms with Crippen molar-refractivity contribution in [2.75, 3.05) is 4.72 Å². The fraction of sp³-hybridized carbons (Fsp3) is 0.211. The number of rotatable bonds is 6. The number of pyridine rings is 1. The third-order valence-corrected chi connectivity index (χ3v) is 5.31. The van der Waals surface area contributed by atoms with E-state index in [9.17, 15) is 8.42 Å². The number of fused-ring (bicyclic) bond motifs is 1. The molecular weight excluding hydrogens is 320 g/mol.